The lowest BCUT2D eigenvalue weighted by atomic mass is 9.91. The second-order valence-electron chi connectivity index (χ2n) is 6.61. The summed E-state index contributed by atoms with van der Waals surface area (Å²) in [5, 5.41) is 15.3. The molecule has 2 unspecified atom stereocenters. The minimum Gasteiger partial charge on any atom is -0.393 e. The number of hydrogen-bond acceptors (Lipinski definition) is 2. The van der Waals surface area contributed by atoms with Gasteiger partial charge in [-0.05, 0) is 37.4 Å². The minimum absolute atomic E-state index is 0.172. The average Bonchev–Trinajstić information content (AvgIpc) is 2.78. The van der Waals surface area contributed by atoms with Gasteiger partial charge in [-0.1, -0.05) is 44.4 Å². The molecule has 2 atom stereocenters. The molecule has 0 amide bonds. The molecule has 3 N–H and O–H groups in total. The van der Waals surface area contributed by atoms with Crippen molar-refractivity contribution in [2.75, 3.05) is 6.54 Å². The molecule has 2 heterocycles. The lowest BCUT2D eigenvalue weighted by Crippen LogP contribution is -2.16. The SMILES string of the molecule is CCCCCC(O)CC1CCNCc2c1[nH]c1ccccc21. The fourth-order valence-electron chi connectivity index (χ4n) is 3.71. The Morgan fingerprint density at radius 2 is 2.14 bits per heavy atom. The number of fused-ring (bicyclic) bond motifs is 3. The van der Waals surface area contributed by atoms with Crippen molar-refractivity contribution in [2.45, 2.75) is 64.0 Å². The van der Waals surface area contributed by atoms with Crippen LogP contribution in [0, 0.1) is 0 Å². The van der Waals surface area contributed by atoms with Crippen LogP contribution < -0.4 is 5.32 Å². The Kier molecular flexibility index (Phi) is 5.16. The molecule has 0 fully saturated rings. The van der Waals surface area contributed by atoms with Crippen molar-refractivity contribution in [1.82, 2.24) is 10.3 Å². The second kappa shape index (κ2) is 7.30. The summed E-state index contributed by atoms with van der Waals surface area (Å²) in [6, 6.07) is 8.54. The zero-order valence-corrected chi connectivity index (χ0v) is 13.6. The number of unbranched alkanes of at least 4 members (excludes halogenated alkanes) is 2. The molecule has 0 spiro atoms. The number of benzene rings is 1. The summed E-state index contributed by atoms with van der Waals surface area (Å²) in [5.41, 5.74) is 3.97. The molecule has 22 heavy (non-hydrogen) atoms. The molecule has 0 bridgehead atoms. The minimum atomic E-state index is -0.172. The number of para-hydroxylation sites is 1. The van der Waals surface area contributed by atoms with Crippen LogP contribution in [0.15, 0.2) is 24.3 Å². The van der Waals surface area contributed by atoms with Crippen molar-refractivity contribution < 1.29 is 5.11 Å². The Balaban J connectivity index is 1.78. The van der Waals surface area contributed by atoms with Crippen LogP contribution in [-0.4, -0.2) is 22.7 Å². The van der Waals surface area contributed by atoms with Crippen LogP contribution in [0.4, 0.5) is 0 Å². The third kappa shape index (κ3) is 3.36. The van der Waals surface area contributed by atoms with E-state index in [4.69, 9.17) is 0 Å². The number of aliphatic hydroxyl groups is 1. The van der Waals surface area contributed by atoms with Crippen molar-refractivity contribution in [1.29, 1.82) is 0 Å². The second-order valence-corrected chi connectivity index (χ2v) is 6.61. The summed E-state index contributed by atoms with van der Waals surface area (Å²) in [6.45, 7) is 4.17. The van der Waals surface area contributed by atoms with E-state index < -0.39 is 0 Å². The highest BCUT2D eigenvalue weighted by Gasteiger charge is 2.24. The first-order valence-electron chi connectivity index (χ1n) is 8.77. The topological polar surface area (TPSA) is 48.0 Å². The number of hydrogen-bond donors (Lipinski definition) is 3. The molecule has 2 aromatic rings. The van der Waals surface area contributed by atoms with Gasteiger partial charge >= 0.3 is 0 Å². The van der Waals surface area contributed by atoms with E-state index in [1.165, 1.54) is 35.0 Å². The van der Waals surface area contributed by atoms with Gasteiger partial charge in [-0.2, -0.15) is 0 Å². The molecule has 1 aliphatic rings. The monoisotopic (exact) mass is 300 g/mol. The van der Waals surface area contributed by atoms with Gasteiger partial charge in [0.25, 0.3) is 0 Å². The first kappa shape index (κ1) is 15.6. The van der Waals surface area contributed by atoms with E-state index >= 15 is 0 Å². The number of H-pyrrole nitrogens is 1. The van der Waals surface area contributed by atoms with E-state index in [0.717, 1.165) is 38.8 Å². The Morgan fingerprint density at radius 3 is 3.00 bits per heavy atom. The molecular formula is C19H28N2O. The van der Waals surface area contributed by atoms with Crippen LogP contribution in [0.3, 0.4) is 0 Å². The fourth-order valence-corrected chi connectivity index (χ4v) is 3.71. The molecule has 1 aromatic heterocycles. The highest BCUT2D eigenvalue weighted by molar-refractivity contribution is 5.84. The maximum Gasteiger partial charge on any atom is 0.0546 e. The van der Waals surface area contributed by atoms with Gasteiger partial charge in [0.15, 0.2) is 0 Å². The third-order valence-electron chi connectivity index (χ3n) is 4.92. The van der Waals surface area contributed by atoms with E-state index in [2.05, 4.69) is 41.5 Å². The van der Waals surface area contributed by atoms with Crippen LogP contribution in [0.5, 0.6) is 0 Å². The van der Waals surface area contributed by atoms with E-state index in [1.54, 1.807) is 0 Å². The van der Waals surface area contributed by atoms with Crippen LogP contribution in [0.25, 0.3) is 10.9 Å². The maximum atomic E-state index is 10.4. The fraction of sp³-hybridized carbons (Fsp3) is 0.579. The van der Waals surface area contributed by atoms with Crippen LogP contribution in [-0.2, 0) is 6.54 Å². The first-order chi connectivity index (χ1) is 10.8. The highest BCUT2D eigenvalue weighted by Crippen LogP contribution is 2.34. The lowest BCUT2D eigenvalue weighted by Gasteiger charge is -2.19. The lowest BCUT2D eigenvalue weighted by molar-refractivity contribution is 0.140. The van der Waals surface area contributed by atoms with Gasteiger partial charge in [0.2, 0.25) is 0 Å². The third-order valence-corrected chi connectivity index (χ3v) is 4.92. The van der Waals surface area contributed by atoms with Crippen LogP contribution in [0.1, 0.15) is 62.6 Å². The number of aliphatic hydroxyl groups excluding tert-OH is 1. The molecule has 1 aromatic carbocycles. The number of nitrogens with one attached hydrogen (secondary N) is 2. The van der Waals surface area contributed by atoms with E-state index in [-0.39, 0.29) is 6.10 Å². The van der Waals surface area contributed by atoms with Crippen molar-refractivity contribution in [2.24, 2.45) is 0 Å². The van der Waals surface area contributed by atoms with E-state index in [1.807, 2.05) is 0 Å². The summed E-state index contributed by atoms with van der Waals surface area (Å²) >= 11 is 0. The Hall–Kier alpha value is -1.32. The zero-order valence-electron chi connectivity index (χ0n) is 13.6. The molecule has 3 nitrogen and oxygen atoms in total. The predicted molar refractivity (Wildman–Crippen MR) is 92.1 cm³/mol. The molecule has 120 valence electrons. The standard InChI is InChI=1S/C19H28N2O/c1-2-3-4-7-15(22)12-14-10-11-20-13-17-16-8-5-6-9-18(16)21-19(14)17/h5-6,8-9,14-15,20-22H,2-4,7,10-13H2,1H3. The van der Waals surface area contributed by atoms with E-state index in [9.17, 15) is 5.11 Å². The number of rotatable bonds is 6. The van der Waals surface area contributed by atoms with Crippen molar-refractivity contribution >= 4 is 10.9 Å². The summed E-state index contributed by atoms with van der Waals surface area (Å²) in [6.07, 6.45) is 6.33. The van der Waals surface area contributed by atoms with Gasteiger partial charge < -0.3 is 15.4 Å². The Bertz CT molecular complexity index is 605. The largest absolute Gasteiger partial charge is 0.393 e. The number of aromatic amines is 1. The van der Waals surface area contributed by atoms with Gasteiger partial charge in [-0.3, -0.25) is 0 Å². The van der Waals surface area contributed by atoms with Crippen LogP contribution >= 0.6 is 0 Å². The van der Waals surface area contributed by atoms with Gasteiger partial charge in [0.1, 0.15) is 0 Å². The molecule has 3 heteroatoms. The molecular weight excluding hydrogens is 272 g/mol. The van der Waals surface area contributed by atoms with Crippen LogP contribution in [0.2, 0.25) is 0 Å². The van der Waals surface area contributed by atoms with Gasteiger partial charge in [0.05, 0.1) is 6.10 Å². The Morgan fingerprint density at radius 1 is 1.27 bits per heavy atom. The summed E-state index contributed by atoms with van der Waals surface area (Å²) in [5.74, 6) is 0.439. The predicted octanol–water partition coefficient (Wildman–Crippen LogP) is 4.08. The smallest absolute Gasteiger partial charge is 0.0546 e. The highest BCUT2D eigenvalue weighted by atomic mass is 16.3. The van der Waals surface area contributed by atoms with Crippen molar-refractivity contribution in [3.63, 3.8) is 0 Å². The molecule has 3 rings (SSSR count). The normalized spacial score (nSPS) is 19.8. The summed E-state index contributed by atoms with van der Waals surface area (Å²) < 4.78 is 0. The van der Waals surface area contributed by atoms with Gasteiger partial charge in [0, 0.05) is 29.1 Å². The molecule has 0 aliphatic carbocycles. The Labute approximate surface area is 133 Å². The average molecular weight is 300 g/mol. The first-order valence-corrected chi connectivity index (χ1v) is 8.77. The quantitative estimate of drug-likeness (QED) is 0.704. The molecule has 0 saturated carbocycles. The number of aromatic nitrogens is 1. The molecule has 0 radical (unpaired) electrons. The van der Waals surface area contributed by atoms with E-state index in [0.29, 0.717) is 5.92 Å². The summed E-state index contributed by atoms with van der Waals surface area (Å²) in [7, 11) is 0. The van der Waals surface area contributed by atoms with Gasteiger partial charge in [-0.15, -0.1) is 0 Å². The zero-order chi connectivity index (χ0) is 15.4. The van der Waals surface area contributed by atoms with Crippen molar-refractivity contribution in [3.8, 4) is 0 Å². The maximum absolute atomic E-state index is 10.4. The molecule has 1 aliphatic heterocycles. The van der Waals surface area contributed by atoms with Crippen molar-refractivity contribution in [3.05, 3.63) is 35.5 Å². The van der Waals surface area contributed by atoms with Gasteiger partial charge in [-0.25, -0.2) is 0 Å². The molecule has 0 saturated heterocycles. The summed E-state index contributed by atoms with van der Waals surface area (Å²) in [4.78, 5) is 3.63.